The Bertz CT molecular complexity index is 828. The zero-order chi connectivity index (χ0) is 15.9. The van der Waals surface area contributed by atoms with Crippen molar-refractivity contribution in [3.63, 3.8) is 0 Å². The summed E-state index contributed by atoms with van der Waals surface area (Å²) in [5.74, 6) is 0.136. The smallest absolute Gasteiger partial charge is 0.168 e. The Hall–Kier alpha value is -2.36. The summed E-state index contributed by atoms with van der Waals surface area (Å²) >= 11 is 0. The number of carbonyl (C=O) groups is 1. The summed E-state index contributed by atoms with van der Waals surface area (Å²) in [4.78, 5) is 20.4. The summed E-state index contributed by atoms with van der Waals surface area (Å²) in [6, 6.07) is 8.03. The van der Waals surface area contributed by atoms with Crippen LogP contribution in [0.2, 0.25) is 0 Å². The predicted octanol–water partition coefficient (Wildman–Crippen LogP) is 3.83. The largest absolute Gasteiger partial charge is 0.350 e. The van der Waals surface area contributed by atoms with Crippen LogP contribution in [-0.2, 0) is 7.05 Å². The molecule has 2 atom stereocenters. The van der Waals surface area contributed by atoms with Gasteiger partial charge < -0.3 is 9.55 Å². The predicted molar refractivity (Wildman–Crippen MR) is 88.2 cm³/mol. The molecule has 1 aromatic carbocycles. The first-order chi connectivity index (χ1) is 10.5. The van der Waals surface area contributed by atoms with E-state index in [-0.39, 0.29) is 17.6 Å². The van der Waals surface area contributed by atoms with Gasteiger partial charge in [-0.1, -0.05) is 32.0 Å². The first kappa shape index (κ1) is 14.6. The molecule has 4 heteroatoms. The molecule has 0 bridgehead atoms. The maximum Gasteiger partial charge on any atom is 0.168 e. The van der Waals surface area contributed by atoms with E-state index in [1.807, 2.05) is 55.9 Å². The third kappa shape index (κ3) is 2.25. The first-order valence-electron chi connectivity index (χ1n) is 7.59. The fourth-order valence-corrected chi connectivity index (χ4v) is 3.08. The van der Waals surface area contributed by atoms with Gasteiger partial charge in [-0.3, -0.25) is 4.79 Å². The quantitative estimate of drug-likeness (QED) is 0.744. The number of fused-ring (bicyclic) bond motifs is 1. The Kier molecular flexibility index (Phi) is 3.61. The number of nitrogens with zero attached hydrogens (tertiary/aromatic N) is 2. The molecule has 114 valence electrons. The van der Waals surface area contributed by atoms with Crippen LogP contribution in [0.3, 0.4) is 0 Å². The van der Waals surface area contributed by atoms with Crippen LogP contribution in [0.4, 0.5) is 0 Å². The SMILES string of the molecule is Cc1[nH]cnc1C(C)C(C)C(=O)c1cn(C)c2ccccc12. The van der Waals surface area contributed by atoms with Crippen molar-refractivity contribution in [2.75, 3.05) is 0 Å². The van der Waals surface area contributed by atoms with Gasteiger partial charge in [-0.25, -0.2) is 4.98 Å². The molecular weight excluding hydrogens is 274 g/mol. The molecule has 2 heterocycles. The average molecular weight is 295 g/mol. The molecule has 1 N–H and O–H groups in total. The second-order valence-corrected chi connectivity index (χ2v) is 6.03. The number of imidazole rings is 1. The van der Waals surface area contributed by atoms with Gasteiger partial charge in [0, 0.05) is 47.2 Å². The van der Waals surface area contributed by atoms with Crippen LogP contribution < -0.4 is 0 Å². The lowest BCUT2D eigenvalue weighted by molar-refractivity contribution is 0.0916. The Morgan fingerprint density at radius 1 is 1.27 bits per heavy atom. The number of aryl methyl sites for hydroxylation is 2. The van der Waals surface area contributed by atoms with E-state index < -0.39 is 0 Å². The number of aromatic amines is 1. The minimum Gasteiger partial charge on any atom is -0.350 e. The van der Waals surface area contributed by atoms with Crippen molar-refractivity contribution in [3.8, 4) is 0 Å². The first-order valence-corrected chi connectivity index (χ1v) is 7.59. The molecule has 22 heavy (non-hydrogen) atoms. The normalized spacial score (nSPS) is 14.2. The molecule has 3 rings (SSSR count). The highest BCUT2D eigenvalue weighted by Crippen LogP contribution is 2.30. The molecule has 0 aliphatic carbocycles. The van der Waals surface area contributed by atoms with E-state index in [1.54, 1.807) is 6.33 Å². The zero-order valence-electron chi connectivity index (χ0n) is 13.4. The van der Waals surface area contributed by atoms with Crippen molar-refractivity contribution in [1.29, 1.82) is 0 Å². The van der Waals surface area contributed by atoms with Gasteiger partial charge in [0.1, 0.15) is 0 Å². The number of Topliss-reactive ketones (excluding diaryl/α,β-unsaturated/α-hetero) is 1. The Labute approximate surface area is 130 Å². The lowest BCUT2D eigenvalue weighted by atomic mass is 9.85. The van der Waals surface area contributed by atoms with Crippen molar-refractivity contribution >= 4 is 16.7 Å². The number of carbonyl (C=O) groups excluding carboxylic acids is 1. The number of benzene rings is 1. The molecule has 0 amide bonds. The molecule has 0 fully saturated rings. The Morgan fingerprint density at radius 2 is 2.00 bits per heavy atom. The standard InChI is InChI=1S/C18H21N3O/c1-11(17-13(3)19-10-20-17)12(2)18(22)15-9-21(4)16-8-6-5-7-14(15)16/h5-12H,1-4H3,(H,19,20). The number of hydrogen-bond acceptors (Lipinski definition) is 2. The van der Waals surface area contributed by atoms with Crippen LogP contribution in [0.15, 0.2) is 36.8 Å². The maximum atomic E-state index is 13.0. The van der Waals surface area contributed by atoms with Gasteiger partial charge in [0.25, 0.3) is 0 Å². The van der Waals surface area contributed by atoms with Crippen molar-refractivity contribution in [2.24, 2.45) is 13.0 Å². The summed E-state index contributed by atoms with van der Waals surface area (Å²) < 4.78 is 2.01. The van der Waals surface area contributed by atoms with Gasteiger partial charge in [-0.2, -0.15) is 0 Å². The summed E-state index contributed by atoms with van der Waals surface area (Å²) in [7, 11) is 1.98. The number of ketones is 1. The monoisotopic (exact) mass is 295 g/mol. The van der Waals surface area contributed by atoms with E-state index >= 15 is 0 Å². The fraction of sp³-hybridized carbons (Fsp3) is 0.333. The molecule has 0 saturated carbocycles. The summed E-state index contributed by atoms with van der Waals surface area (Å²) in [6.07, 6.45) is 3.63. The third-order valence-electron chi connectivity index (χ3n) is 4.63. The highest BCUT2D eigenvalue weighted by atomic mass is 16.1. The van der Waals surface area contributed by atoms with Crippen LogP contribution >= 0.6 is 0 Å². The van der Waals surface area contributed by atoms with Crippen LogP contribution in [0.1, 0.15) is 41.5 Å². The van der Waals surface area contributed by atoms with Crippen LogP contribution in [0.5, 0.6) is 0 Å². The minimum absolute atomic E-state index is 0.0812. The Balaban J connectivity index is 1.97. The van der Waals surface area contributed by atoms with Gasteiger partial charge in [-0.05, 0) is 13.0 Å². The number of rotatable bonds is 4. The molecule has 0 aliphatic rings. The molecule has 2 unspecified atom stereocenters. The number of nitrogens with one attached hydrogen (secondary N) is 1. The number of H-pyrrole nitrogens is 1. The van der Waals surface area contributed by atoms with Crippen molar-refractivity contribution in [3.05, 3.63) is 53.7 Å². The highest BCUT2D eigenvalue weighted by molar-refractivity contribution is 6.09. The summed E-state index contributed by atoms with van der Waals surface area (Å²) in [5, 5.41) is 1.02. The van der Waals surface area contributed by atoms with Crippen molar-refractivity contribution in [2.45, 2.75) is 26.7 Å². The zero-order valence-corrected chi connectivity index (χ0v) is 13.4. The number of aromatic nitrogens is 3. The minimum atomic E-state index is -0.118. The van der Waals surface area contributed by atoms with Gasteiger partial charge in [0.15, 0.2) is 5.78 Å². The van der Waals surface area contributed by atoms with E-state index in [0.717, 1.165) is 27.9 Å². The summed E-state index contributed by atoms with van der Waals surface area (Å²) in [6.45, 7) is 6.05. The van der Waals surface area contributed by atoms with E-state index in [1.165, 1.54) is 0 Å². The van der Waals surface area contributed by atoms with E-state index in [2.05, 4.69) is 16.9 Å². The molecular formula is C18H21N3O. The second kappa shape index (κ2) is 5.44. The number of para-hydroxylation sites is 1. The van der Waals surface area contributed by atoms with E-state index in [4.69, 9.17) is 0 Å². The second-order valence-electron chi connectivity index (χ2n) is 6.03. The maximum absolute atomic E-state index is 13.0. The van der Waals surface area contributed by atoms with Crippen LogP contribution in [0.25, 0.3) is 10.9 Å². The molecule has 0 aliphatic heterocycles. The van der Waals surface area contributed by atoms with Gasteiger partial charge in [-0.15, -0.1) is 0 Å². The van der Waals surface area contributed by atoms with Crippen molar-refractivity contribution < 1.29 is 4.79 Å². The van der Waals surface area contributed by atoms with Gasteiger partial charge in [0.2, 0.25) is 0 Å². The van der Waals surface area contributed by atoms with Crippen LogP contribution in [-0.4, -0.2) is 20.3 Å². The molecule has 0 radical (unpaired) electrons. The fourth-order valence-electron chi connectivity index (χ4n) is 3.08. The number of hydrogen-bond donors (Lipinski definition) is 1. The topological polar surface area (TPSA) is 50.7 Å². The van der Waals surface area contributed by atoms with E-state index in [9.17, 15) is 4.79 Å². The Morgan fingerprint density at radius 3 is 2.68 bits per heavy atom. The molecule has 2 aromatic heterocycles. The van der Waals surface area contributed by atoms with Crippen molar-refractivity contribution in [1.82, 2.24) is 14.5 Å². The lowest BCUT2D eigenvalue weighted by Gasteiger charge is -2.17. The molecule has 3 aromatic rings. The average Bonchev–Trinajstić information content (AvgIpc) is 3.09. The molecule has 4 nitrogen and oxygen atoms in total. The molecule has 0 saturated heterocycles. The molecule has 0 spiro atoms. The lowest BCUT2D eigenvalue weighted by Crippen LogP contribution is -2.18. The van der Waals surface area contributed by atoms with Gasteiger partial charge >= 0.3 is 0 Å². The van der Waals surface area contributed by atoms with Crippen LogP contribution in [0, 0.1) is 12.8 Å². The summed E-state index contributed by atoms with van der Waals surface area (Å²) in [5.41, 5.74) is 3.89. The highest BCUT2D eigenvalue weighted by Gasteiger charge is 2.27. The van der Waals surface area contributed by atoms with Gasteiger partial charge in [0.05, 0.1) is 12.0 Å². The third-order valence-corrected chi connectivity index (χ3v) is 4.63. The van der Waals surface area contributed by atoms with E-state index in [0.29, 0.717) is 0 Å².